The van der Waals surface area contributed by atoms with E-state index >= 15 is 0 Å². The van der Waals surface area contributed by atoms with Gasteiger partial charge in [0.25, 0.3) is 0 Å². The van der Waals surface area contributed by atoms with E-state index in [1.165, 1.54) is 19.3 Å². The first-order valence-corrected chi connectivity index (χ1v) is 11.7. The zero-order chi connectivity index (χ0) is 21.4. The maximum Gasteiger partial charge on any atom is 0.228 e. The first-order valence-electron chi connectivity index (χ1n) is 11.3. The van der Waals surface area contributed by atoms with E-state index < -0.39 is 0 Å². The van der Waals surface area contributed by atoms with E-state index in [-0.39, 0.29) is 18.0 Å². The maximum absolute atomic E-state index is 13.1. The van der Waals surface area contributed by atoms with Gasteiger partial charge in [-0.1, -0.05) is 24.1 Å². The van der Waals surface area contributed by atoms with Gasteiger partial charge >= 0.3 is 0 Å². The number of imidazole rings is 1. The number of rotatable bonds is 3. The van der Waals surface area contributed by atoms with Gasteiger partial charge in [0.1, 0.15) is 17.3 Å². The van der Waals surface area contributed by atoms with Crippen LogP contribution in [0.15, 0.2) is 23.2 Å². The second-order valence-corrected chi connectivity index (χ2v) is 9.16. The number of benzene rings is 1. The number of aryl methyl sites for hydroxylation is 1. The third kappa shape index (κ3) is 3.96. The summed E-state index contributed by atoms with van der Waals surface area (Å²) in [6, 6.07) is 5.61. The van der Waals surface area contributed by atoms with Crippen LogP contribution in [-0.2, 0) is 17.8 Å². The van der Waals surface area contributed by atoms with E-state index in [1.54, 1.807) is 6.34 Å². The van der Waals surface area contributed by atoms with Crippen molar-refractivity contribution in [2.24, 2.45) is 10.9 Å². The van der Waals surface area contributed by atoms with Crippen LogP contribution in [0.4, 0.5) is 11.5 Å². The summed E-state index contributed by atoms with van der Waals surface area (Å²) in [4.78, 5) is 25.1. The van der Waals surface area contributed by atoms with Gasteiger partial charge in [-0.05, 0) is 50.3 Å². The van der Waals surface area contributed by atoms with Crippen molar-refractivity contribution in [3.63, 3.8) is 0 Å². The summed E-state index contributed by atoms with van der Waals surface area (Å²) in [7, 11) is 0. The molecule has 1 fully saturated rings. The molecule has 0 unspecified atom stereocenters. The molecule has 2 atom stereocenters. The Labute approximate surface area is 187 Å². The lowest BCUT2D eigenvalue weighted by Gasteiger charge is -2.36. The predicted octanol–water partition coefficient (Wildman–Crippen LogP) is 4.37. The van der Waals surface area contributed by atoms with Crippen LogP contribution in [-0.4, -0.2) is 39.8 Å². The molecule has 1 amide bonds. The van der Waals surface area contributed by atoms with Crippen molar-refractivity contribution in [1.29, 1.82) is 0 Å². The fourth-order valence-electron chi connectivity index (χ4n) is 4.94. The first kappa shape index (κ1) is 20.5. The van der Waals surface area contributed by atoms with Crippen molar-refractivity contribution >= 4 is 35.4 Å². The third-order valence-corrected chi connectivity index (χ3v) is 7.12. The number of nitrogens with one attached hydrogen (secondary N) is 2. The highest BCUT2D eigenvalue weighted by atomic mass is 35.5. The molecule has 8 heteroatoms. The standard InChI is InChI=1S/C23H29ClN6O/c1-15-17(24)8-5-9-18(15)27-23(31)16-7-6-11-29(13-16)21-20-22(26-14-25-21)30-12-4-2-3-10-19(30)28-20/h5,8-9,14,16,21H,2-4,6-7,10-13H2,1H3,(H,25,26)(H,27,31)/t16-,21-/m1/s1. The normalized spacial score (nSPS) is 23.4. The zero-order valence-corrected chi connectivity index (χ0v) is 18.7. The lowest BCUT2D eigenvalue weighted by Crippen LogP contribution is -2.43. The van der Waals surface area contributed by atoms with Gasteiger partial charge in [-0.3, -0.25) is 9.69 Å². The summed E-state index contributed by atoms with van der Waals surface area (Å²) in [5.74, 6) is 2.21. The van der Waals surface area contributed by atoms with Crippen LogP contribution < -0.4 is 10.6 Å². The van der Waals surface area contributed by atoms with Gasteiger partial charge in [0, 0.05) is 36.8 Å². The minimum atomic E-state index is -0.126. The SMILES string of the molecule is Cc1c(Cl)cccc1NC(=O)[C@@H]1CCCN([C@H]2N=CNc3c2nc2n3CCCCC2)C1. The van der Waals surface area contributed by atoms with E-state index in [0.29, 0.717) is 11.6 Å². The predicted molar refractivity (Wildman–Crippen MR) is 124 cm³/mol. The molecule has 0 bridgehead atoms. The number of carbonyl (C=O) groups is 1. The number of anilines is 2. The van der Waals surface area contributed by atoms with Gasteiger partial charge < -0.3 is 15.2 Å². The average molecular weight is 441 g/mol. The molecule has 3 aliphatic heterocycles. The van der Waals surface area contributed by atoms with Crippen molar-refractivity contribution in [2.75, 3.05) is 23.7 Å². The molecule has 7 nitrogen and oxygen atoms in total. The van der Waals surface area contributed by atoms with Crippen LogP contribution in [0, 0.1) is 12.8 Å². The number of piperidine rings is 1. The molecule has 0 radical (unpaired) electrons. The van der Waals surface area contributed by atoms with Crippen molar-refractivity contribution in [3.05, 3.63) is 40.3 Å². The molecule has 1 aromatic carbocycles. The Morgan fingerprint density at radius 1 is 1.23 bits per heavy atom. The number of likely N-dealkylation sites (tertiary alicyclic amines) is 1. The molecule has 3 aliphatic rings. The molecule has 0 spiro atoms. The molecule has 2 aromatic rings. The number of nitrogens with zero attached hydrogens (tertiary/aromatic N) is 4. The molecule has 1 saturated heterocycles. The molecule has 4 heterocycles. The third-order valence-electron chi connectivity index (χ3n) is 6.71. The molecule has 0 saturated carbocycles. The summed E-state index contributed by atoms with van der Waals surface area (Å²) < 4.78 is 2.33. The van der Waals surface area contributed by atoms with Crippen LogP contribution in [0.3, 0.4) is 0 Å². The summed E-state index contributed by atoms with van der Waals surface area (Å²) in [5.41, 5.74) is 2.69. The average Bonchev–Trinajstić information content (AvgIpc) is 2.97. The number of aromatic nitrogens is 2. The second kappa shape index (κ2) is 8.63. The summed E-state index contributed by atoms with van der Waals surface area (Å²) in [6.45, 7) is 4.53. The highest BCUT2D eigenvalue weighted by Gasteiger charge is 2.35. The molecule has 2 N–H and O–H groups in total. The monoisotopic (exact) mass is 440 g/mol. The van der Waals surface area contributed by atoms with Gasteiger partial charge in [-0.15, -0.1) is 0 Å². The number of amides is 1. The van der Waals surface area contributed by atoms with Crippen molar-refractivity contribution in [1.82, 2.24) is 14.5 Å². The molecular formula is C23H29ClN6O. The Bertz CT molecular complexity index is 1020. The van der Waals surface area contributed by atoms with E-state index in [0.717, 1.165) is 60.9 Å². The highest BCUT2D eigenvalue weighted by Crippen LogP contribution is 2.36. The zero-order valence-electron chi connectivity index (χ0n) is 17.9. The Balaban J connectivity index is 1.33. The number of fused-ring (bicyclic) bond motifs is 3. The molecule has 164 valence electrons. The Hall–Kier alpha value is -2.38. The maximum atomic E-state index is 13.1. The molecular weight excluding hydrogens is 412 g/mol. The number of hydrogen-bond donors (Lipinski definition) is 2. The van der Waals surface area contributed by atoms with E-state index in [4.69, 9.17) is 21.6 Å². The Morgan fingerprint density at radius 2 is 2.13 bits per heavy atom. The fourth-order valence-corrected chi connectivity index (χ4v) is 5.11. The topological polar surface area (TPSA) is 74.6 Å². The minimum absolute atomic E-state index is 0.0498. The fraction of sp³-hybridized carbons (Fsp3) is 0.522. The van der Waals surface area contributed by atoms with E-state index in [9.17, 15) is 4.79 Å². The van der Waals surface area contributed by atoms with Crippen LogP contribution in [0.5, 0.6) is 0 Å². The highest BCUT2D eigenvalue weighted by molar-refractivity contribution is 6.31. The lowest BCUT2D eigenvalue weighted by atomic mass is 9.96. The summed E-state index contributed by atoms with van der Waals surface area (Å²) in [5, 5.41) is 7.09. The van der Waals surface area contributed by atoms with Crippen molar-refractivity contribution in [3.8, 4) is 0 Å². The lowest BCUT2D eigenvalue weighted by molar-refractivity contribution is -0.121. The van der Waals surface area contributed by atoms with Gasteiger partial charge in [0.15, 0.2) is 6.17 Å². The number of aliphatic imine (C=N–C) groups is 1. The number of halogens is 1. The minimum Gasteiger partial charge on any atom is -0.331 e. The largest absolute Gasteiger partial charge is 0.331 e. The quantitative estimate of drug-likeness (QED) is 0.742. The smallest absolute Gasteiger partial charge is 0.228 e. The van der Waals surface area contributed by atoms with E-state index in [2.05, 4.69) is 20.1 Å². The van der Waals surface area contributed by atoms with Gasteiger partial charge in [0.2, 0.25) is 5.91 Å². The Morgan fingerprint density at radius 3 is 3.03 bits per heavy atom. The van der Waals surface area contributed by atoms with Crippen molar-refractivity contribution in [2.45, 2.75) is 58.2 Å². The van der Waals surface area contributed by atoms with Crippen molar-refractivity contribution < 1.29 is 4.79 Å². The molecule has 1 aromatic heterocycles. The van der Waals surface area contributed by atoms with Gasteiger partial charge in [-0.2, -0.15) is 0 Å². The molecule has 31 heavy (non-hydrogen) atoms. The number of carbonyl (C=O) groups excluding carboxylic acids is 1. The molecule has 5 rings (SSSR count). The van der Waals surface area contributed by atoms with Crippen LogP contribution in [0.1, 0.15) is 55.4 Å². The Kier molecular flexibility index (Phi) is 5.71. The summed E-state index contributed by atoms with van der Waals surface area (Å²) in [6.07, 6.45) is 8.17. The van der Waals surface area contributed by atoms with Crippen LogP contribution in [0.25, 0.3) is 0 Å². The van der Waals surface area contributed by atoms with Gasteiger partial charge in [0.05, 0.1) is 12.3 Å². The molecule has 0 aliphatic carbocycles. The second-order valence-electron chi connectivity index (χ2n) is 8.76. The van der Waals surface area contributed by atoms with Crippen LogP contribution >= 0.6 is 11.6 Å². The first-order chi connectivity index (χ1) is 15.1. The van der Waals surface area contributed by atoms with E-state index in [1.807, 2.05) is 25.1 Å². The summed E-state index contributed by atoms with van der Waals surface area (Å²) >= 11 is 6.22. The van der Waals surface area contributed by atoms with Gasteiger partial charge in [-0.25, -0.2) is 9.98 Å². The van der Waals surface area contributed by atoms with Crippen LogP contribution in [0.2, 0.25) is 5.02 Å². The number of hydrogen-bond acceptors (Lipinski definition) is 5.